The Balaban J connectivity index is 1.82. The Morgan fingerprint density at radius 2 is 1.81 bits per heavy atom. The molecule has 1 aromatic heterocycles. The number of amides is 2. The van der Waals surface area contributed by atoms with Crippen molar-refractivity contribution in [2.75, 3.05) is 0 Å². The Morgan fingerprint density at radius 1 is 1.12 bits per heavy atom. The zero-order chi connectivity index (χ0) is 18.5. The zero-order valence-electron chi connectivity index (χ0n) is 13.9. The van der Waals surface area contributed by atoms with Crippen LogP contribution in [0.25, 0.3) is 16.9 Å². The molecule has 3 rings (SSSR count). The number of hydrogen-bond donors (Lipinski definition) is 3. The van der Waals surface area contributed by atoms with Gasteiger partial charge in [-0.1, -0.05) is 42.5 Å². The average molecular weight is 350 g/mol. The lowest BCUT2D eigenvalue weighted by Crippen LogP contribution is -2.30. The second-order valence-electron chi connectivity index (χ2n) is 5.80. The first kappa shape index (κ1) is 17.2. The summed E-state index contributed by atoms with van der Waals surface area (Å²) >= 11 is 0. The molecule has 132 valence electrons. The maximum absolute atomic E-state index is 11.2. The van der Waals surface area contributed by atoms with Gasteiger partial charge in [-0.3, -0.25) is 4.79 Å². The molecule has 7 heteroatoms. The van der Waals surface area contributed by atoms with E-state index in [1.165, 1.54) is 0 Å². The summed E-state index contributed by atoms with van der Waals surface area (Å²) in [4.78, 5) is 26.5. The van der Waals surface area contributed by atoms with E-state index in [4.69, 9.17) is 10.8 Å². The minimum atomic E-state index is -1.21. The van der Waals surface area contributed by atoms with E-state index in [9.17, 15) is 9.59 Å². The first-order valence-corrected chi connectivity index (χ1v) is 8.00. The van der Waals surface area contributed by atoms with Crippen molar-refractivity contribution in [3.8, 4) is 16.9 Å². The van der Waals surface area contributed by atoms with Gasteiger partial charge in [0.15, 0.2) is 0 Å². The number of hydrogen-bond acceptors (Lipinski definition) is 3. The molecule has 1 heterocycles. The van der Waals surface area contributed by atoms with E-state index in [0.29, 0.717) is 5.56 Å². The third-order valence-electron chi connectivity index (χ3n) is 3.95. The topological polar surface area (TPSA) is 110 Å². The molecule has 0 aliphatic heterocycles. The van der Waals surface area contributed by atoms with Gasteiger partial charge in [0.2, 0.25) is 5.91 Å². The number of imidazole rings is 1. The fourth-order valence-electron chi connectivity index (χ4n) is 2.70. The summed E-state index contributed by atoms with van der Waals surface area (Å²) in [6, 6.07) is 16.4. The van der Waals surface area contributed by atoms with Gasteiger partial charge in [-0.2, -0.15) is 0 Å². The second-order valence-corrected chi connectivity index (χ2v) is 5.80. The van der Waals surface area contributed by atoms with Gasteiger partial charge >= 0.3 is 6.09 Å². The van der Waals surface area contributed by atoms with Crippen LogP contribution in [0.4, 0.5) is 4.79 Å². The Hall–Kier alpha value is -3.61. The van der Waals surface area contributed by atoms with Gasteiger partial charge in [-0.25, -0.2) is 9.78 Å². The van der Waals surface area contributed by atoms with Crippen molar-refractivity contribution in [1.82, 2.24) is 14.9 Å². The van der Waals surface area contributed by atoms with Crippen LogP contribution in [-0.4, -0.2) is 26.7 Å². The number of rotatable bonds is 6. The molecule has 2 amide bonds. The first-order valence-electron chi connectivity index (χ1n) is 8.00. The van der Waals surface area contributed by atoms with Crippen molar-refractivity contribution in [3.05, 3.63) is 72.7 Å². The maximum Gasteiger partial charge on any atom is 0.405 e. The molecule has 3 aromatic rings. The summed E-state index contributed by atoms with van der Waals surface area (Å²) in [6.45, 7) is 0. The van der Waals surface area contributed by atoms with E-state index in [2.05, 4.69) is 10.3 Å². The van der Waals surface area contributed by atoms with Crippen LogP contribution in [0.3, 0.4) is 0 Å². The lowest BCUT2D eigenvalue weighted by molar-refractivity contribution is -0.118. The molecule has 2 aromatic carbocycles. The normalized spacial score (nSPS) is 11.7. The van der Waals surface area contributed by atoms with Crippen LogP contribution >= 0.6 is 0 Å². The molecule has 0 aliphatic carbocycles. The summed E-state index contributed by atoms with van der Waals surface area (Å²) < 4.78 is 1.87. The Morgan fingerprint density at radius 3 is 2.42 bits per heavy atom. The summed E-state index contributed by atoms with van der Waals surface area (Å²) in [5, 5.41) is 11.2. The summed E-state index contributed by atoms with van der Waals surface area (Å²) in [5.41, 5.74) is 8.62. The standard InChI is InChI=1S/C19H18N4O3/c20-18(24)10-16(22-19(25)26)14-6-8-15(9-7-14)23-11-17(21-12-23)13-4-2-1-3-5-13/h1-9,11-12,16,22H,10H2,(H2,20,24)(H,25,26). The number of primary amides is 1. The van der Waals surface area contributed by atoms with Gasteiger partial charge in [0.1, 0.15) is 0 Å². The van der Waals surface area contributed by atoms with Gasteiger partial charge in [0.25, 0.3) is 0 Å². The molecule has 0 saturated carbocycles. The van der Waals surface area contributed by atoms with Crippen molar-refractivity contribution >= 4 is 12.0 Å². The van der Waals surface area contributed by atoms with Crippen molar-refractivity contribution < 1.29 is 14.7 Å². The Labute approximate surface area is 150 Å². The zero-order valence-corrected chi connectivity index (χ0v) is 13.9. The van der Waals surface area contributed by atoms with E-state index in [-0.39, 0.29) is 6.42 Å². The number of carbonyl (C=O) groups is 2. The molecule has 0 aliphatic rings. The van der Waals surface area contributed by atoms with E-state index in [0.717, 1.165) is 16.9 Å². The maximum atomic E-state index is 11.2. The van der Waals surface area contributed by atoms with Crippen LogP contribution in [0, 0.1) is 0 Å². The third kappa shape index (κ3) is 4.07. The van der Waals surface area contributed by atoms with Gasteiger partial charge in [-0.15, -0.1) is 0 Å². The highest BCUT2D eigenvalue weighted by molar-refractivity contribution is 5.76. The number of nitrogens with two attached hydrogens (primary N) is 1. The van der Waals surface area contributed by atoms with Crippen LogP contribution in [0.1, 0.15) is 18.0 Å². The molecular weight excluding hydrogens is 332 g/mol. The van der Waals surface area contributed by atoms with E-state index < -0.39 is 18.0 Å². The second kappa shape index (κ2) is 7.52. The minimum Gasteiger partial charge on any atom is -0.465 e. The third-order valence-corrected chi connectivity index (χ3v) is 3.95. The first-order chi connectivity index (χ1) is 12.5. The molecule has 4 N–H and O–H groups in total. The lowest BCUT2D eigenvalue weighted by atomic mass is 10.0. The van der Waals surface area contributed by atoms with Crippen LogP contribution in [0.2, 0.25) is 0 Å². The molecule has 0 fully saturated rings. The minimum absolute atomic E-state index is 0.102. The number of aromatic nitrogens is 2. The highest BCUT2D eigenvalue weighted by Crippen LogP contribution is 2.21. The summed E-state index contributed by atoms with van der Waals surface area (Å²) in [6.07, 6.45) is 2.33. The fourth-order valence-corrected chi connectivity index (χ4v) is 2.70. The van der Waals surface area contributed by atoms with Crippen LogP contribution in [0.15, 0.2) is 67.1 Å². The molecule has 0 saturated heterocycles. The number of nitrogens with one attached hydrogen (secondary N) is 1. The van der Waals surface area contributed by atoms with Gasteiger partial charge in [0, 0.05) is 17.4 Å². The summed E-state index contributed by atoms with van der Waals surface area (Å²) in [7, 11) is 0. The average Bonchev–Trinajstić information content (AvgIpc) is 3.11. The monoisotopic (exact) mass is 350 g/mol. The number of benzene rings is 2. The van der Waals surface area contributed by atoms with Crippen molar-refractivity contribution in [2.24, 2.45) is 5.73 Å². The molecule has 26 heavy (non-hydrogen) atoms. The Kier molecular flexibility index (Phi) is 4.98. The van der Waals surface area contributed by atoms with E-state index in [1.54, 1.807) is 18.5 Å². The highest BCUT2D eigenvalue weighted by Gasteiger charge is 2.16. The molecule has 1 unspecified atom stereocenters. The largest absolute Gasteiger partial charge is 0.465 e. The molecule has 0 radical (unpaired) electrons. The van der Waals surface area contributed by atoms with Gasteiger partial charge in [0.05, 0.1) is 24.5 Å². The van der Waals surface area contributed by atoms with Gasteiger partial charge in [-0.05, 0) is 17.7 Å². The molecule has 7 nitrogen and oxygen atoms in total. The molecule has 1 atom stereocenters. The number of carbonyl (C=O) groups excluding carboxylic acids is 1. The smallest absolute Gasteiger partial charge is 0.405 e. The van der Waals surface area contributed by atoms with Crippen molar-refractivity contribution in [2.45, 2.75) is 12.5 Å². The molecular formula is C19H18N4O3. The van der Waals surface area contributed by atoms with E-state index in [1.807, 2.05) is 53.2 Å². The van der Waals surface area contributed by atoms with Crippen molar-refractivity contribution in [3.63, 3.8) is 0 Å². The van der Waals surface area contributed by atoms with E-state index >= 15 is 0 Å². The highest BCUT2D eigenvalue weighted by atomic mass is 16.4. The van der Waals surface area contributed by atoms with Crippen LogP contribution < -0.4 is 11.1 Å². The quantitative estimate of drug-likeness (QED) is 0.635. The Bertz CT molecular complexity index is 888. The van der Waals surface area contributed by atoms with Crippen molar-refractivity contribution in [1.29, 1.82) is 0 Å². The fraction of sp³-hybridized carbons (Fsp3) is 0.105. The number of nitrogens with zero attached hydrogens (tertiary/aromatic N) is 2. The molecule has 0 spiro atoms. The van der Waals surface area contributed by atoms with Crippen LogP contribution in [0.5, 0.6) is 0 Å². The SMILES string of the molecule is NC(=O)CC(NC(=O)O)c1ccc(-n2cnc(-c3ccccc3)c2)cc1. The van der Waals surface area contributed by atoms with Crippen LogP contribution in [-0.2, 0) is 4.79 Å². The van der Waals surface area contributed by atoms with Gasteiger partial charge < -0.3 is 20.7 Å². The predicted octanol–water partition coefficient (Wildman–Crippen LogP) is 2.72. The molecule has 0 bridgehead atoms. The lowest BCUT2D eigenvalue weighted by Gasteiger charge is -2.16. The predicted molar refractivity (Wildman–Crippen MR) is 96.7 cm³/mol. The number of carboxylic acid groups (broad SMARTS) is 1. The summed E-state index contributed by atoms with van der Waals surface area (Å²) in [5.74, 6) is -0.574.